The molecule has 1 aromatic heterocycles. The van der Waals surface area contributed by atoms with Crippen molar-refractivity contribution in [2.45, 2.75) is 31.4 Å². The van der Waals surface area contributed by atoms with Crippen molar-refractivity contribution in [2.24, 2.45) is 0 Å². The first-order valence-electron chi connectivity index (χ1n) is 5.56. The molecular formula is C11H15BrN2O2S. The second-order valence-corrected chi connectivity index (χ2v) is 6.87. The molecule has 17 heavy (non-hydrogen) atoms. The smallest absolute Gasteiger partial charge is 0.315 e. The minimum atomic E-state index is -0.663. The highest BCUT2D eigenvalue weighted by Gasteiger charge is 2.34. The van der Waals surface area contributed by atoms with E-state index in [4.69, 9.17) is 0 Å². The summed E-state index contributed by atoms with van der Waals surface area (Å²) in [5.74, 6) is 0. The van der Waals surface area contributed by atoms with Crippen LogP contribution in [0.15, 0.2) is 15.9 Å². The van der Waals surface area contributed by atoms with Crippen molar-refractivity contribution in [3.05, 3.63) is 20.8 Å². The van der Waals surface area contributed by atoms with Crippen LogP contribution in [-0.4, -0.2) is 23.3 Å². The minimum absolute atomic E-state index is 0.227. The number of carbonyl (C=O) groups excluding carboxylic acids is 1. The van der Waals surface area contributed by atoms with Crippen LogP contribution in [0.1, 0.15) is 24.1 Å². The summed E-state index contributed by atoms with van der Waals surface area (Å²) < 4.78 is 1.05. The summed E-state index contributed by atoms with van der Waals surface area (Å²) in [5.41, 5.74) is -0.663. The van der Waals surface area contributed by atoms with Crippen LogP contribution in [0.3, 0.4) is 0 Å². The largest absolute Gasteiger partial charge is 0.388 e. The maximum Gasteiger partial charge on any atom is 0.315 e. The van der Waals surface area contributed by atoms with Crippen LogP contribution in [0.2, 0.25) is 0 Å². The number of urea groups is 1. The van der Waals surface area contributed by atoms with Gasteiger partial charge in [-0.1, -0.05) is 0 Å². The minimum Gasteiger partial charge on any atom is -0.388 e. The Hall–Kier alpha value is -0.590. The fourth-order valence-corrected chi connectivity index (χ4v) is 3.11. The summed E-state index contributed by atoms with van der Waals surface area (Å²) >= 11 is 4.96. The molecular weight excluding hydrogens is 304 g/mol. The lowest BCUT2D eigenvalue weighted by molar-refractivity contribution is -0.0290. The number of nitrogens with one attached hydrogen (secondary N) is 2. The van der Waals surface area contributed by atoms with Gasteiger partial charge >= 0.3 is 6.03 Å². The Labute approximate surface area is 113 Å². The van der Waals surface area contributed by atoms with Gasteiger partial charge < -0.3 is 15.7 Å². The molecule has 1 heterocycles. The monoisotopic (exact) mass is 318 g/mol. The van der Waals surface area contributed by atoms with E-state index in [2.05, 4.69) is 26.6 Å². The molecule has 0 radical (unpaired) electrons. The number of amides is 2. The van der Waals surface area contributed by atoms with Gasteiger partial charge in [0, 0.05) is 11.4 Å². The Bertz CT molecular complexity index is 404. The van der Waals surface area contributed by atoms with Crippen molar-refractivity contribution in [3.63, 3.8) is 0 Å². The molecule has 0 saturated heterocycles. The van der Waals surface area contributed by atoms with Gasteiger partial charge in [0.2, 0.25) is 0 Å². The molecule has 0 aromatic carbocycles. The average Bonchev–Trinajstić information content (AvgIpc) is 2.67. The lowest BCUT2D eigenvalue weighted by Crippen LogP contribution is -2.49. The van der Waals surface area contributed by atoms with Crippen LogP contribution < -0.4 is 10.6 Å². The number of halogens is 1. The van der Waals surface area contributed by atoms with E-state index < -0.39 is 5.60 Å². The van der Waals surface area contributed by atoms with E-state index in [9.17, 15) is 9.90 Å². The lowest BCUT2D eigenvalue weighted by atomic mass is 9.80. The summed E-state index contributed by atoms with van der Waals surface area (Å²) in [7, 11) is 0. The van der Waals surface area contributed by atoms with Crippen LogP contribution in [0, 0.1) is 0 Å². The third-order valence-electron chi connectivity index (χ3n) is 2.91. The number of carbonyl (C=O) groups is 1. The second-order valence-electron chi connectivity index (χ2n) is 4.32. The summed E-state index contributed by atoms with van der Waals surface area (Å²) in [5, 5.41) is 15.3. The predicted molar refractivity (Wildman–Crippen MR) is 71.1 cm³/mol. The van der Waals surface area contributed by atoms with Crippen molar-refractivity contribution in [2.75, 3.05) is 6.54 Å². The highest BCUT2D eigenvalue weighted by molar-refractivity contribution is 9.11. The molecule has 1 aromatic rings. The molecule has 1 saturated carbocycles. The maximum absolute atomic E-state index is 11.5. The van der Waals surface area contributed by atoms with Gasteiger partial charge in [0.15, 0.2) is 0 Å². The number of hydrogen-bond donors (Lipinski definition) is 3. The van der Waals surface area contributed by atoms with Crippen LogP contribution in [0.5, 0.6) is 0 Å². The number of aliphatic hydroxyl groups is 1. The Morgan fingerprint density at radius 3 is 2.76 bits per heavy atom. The molecule has 0 aliphatic heterocycles. The number of hydrogen-bond acceptors (Lipinski definition) is 3. The first kappa shape index (κ1) is 12.9. The maximum atomic E-state index is 11.5. The van der Waals surface area contributed by atoms with Crippen molar-refractivity contribution in [1.82, 2.24) is 10.6 Å². The van der Waals surface area contributed by atoms with Crippen molar-refractivity contribution in [1.29, 1.82) is 0 Å². The zero-order chi connectivity index (χ0) is 12.3. The average molecular weight is 319 g/mol. The molecule has 0 atom stereocenters. The molecule has 3 N–H and O–H groups in total. The molecule has 2 rings (SSSR count). The van der Waals surface area contributed by atoms with E-state index in [-0.39, 0.29) is 6.03 Å². The van der Waals surface area contributed by atoms with Crippen molar-refractivity contribution in [3.8, 4) is 0 Å². The molecule has 4 nitrogen and oxygen atoms in total. The second kappa shape index (κ2) is 5.37. The van der Waals surface area contributed by atoms with Crippen molar-refractivity contribution < 1.29 is 9.90 Å². The molecule has 94 valence electrons. The molecule has 1 aliphatic rings. The fourth-order valence-electron chi connectivity index (χ4n) is 1.68. The van der Waals surface area contributed by atoms with Gasteiger partial charge in [0.25, 0.3) is 0 Å². The number of thiophene rings is 1. The summed E-state index contributed by atoms with van der Waals surface area (Å²) in [6.45, 7) is 0.855. The van der Waals surface area contributed by atoms with Crippen molar-refractivity contribution >= 4 is 33.3 Å². The third kappa shape index (κ3) is 3.69. The van der Waals surface area contributed by atoms with Crippen LogP contribution >= 0.6 is 27.3 Å². The van der Waals surface area contributed by atoms with Crippen LogP contribution in [0.25, 0.3) is 0 Å². The van der Waals surface area contributed by atoms with E-state index in [0.29, 0.717) is 13.1 Å². The van der Waals surface area contributed by atoms with E-state index in [1.807, 2.05) is 12.1 Å². The first-order chi connectivity index (χ1) is 8.07. The zero-order valence-corrected chi connectivity index (χ0v) is 11.7. The van der Waals surface area contributed by atoms with Gasteiger partial charge in [-0.15, -0.1) is 11.3 Å². The van der Waals surface area contributed by atoms with E-state index in [1.165, 1.54) is 0 Å². The summed E-state index contributed by atoms with van der Waals surface area (Å²) in [6.07, 6.45) is 2.61. The number of rotatable bonds is 4. The fraction of sp³-hybridized carbons (Fsp3) is 0.545. The lowest BCUT2D eigenvalue weighted by Gasteiger charge is -2.36. The molecule has 0 bridgehead atoms. The van der Waals surface area contributed by atoms with Gasteiger partial charge in [-0.05, 0) is 47.3 Å². The van der Waals surface area contributed by atoms with E-state index in [1.54, 1.807) is 11.3 Å². The standard InChI is InChI=1S/C11H15BrN2O2S/c12-9-3-2-8(17-9)6-13-10(15)14-7-11(16)4-1-5-11/h2-3,16H,1,4-7H2,(H2,13,14,15). The predicted octanol–water partition coefficient (Wildman–Crippen LogP) is 2.22. The summed E-state index contributed by atoms with van der Waals surface area (Å²) in [6, 6.07) is 3.69. The summed E-state index contributed by atoms with van der Waals surface area (Å²) in [4.78, 5) is 12.6. The highest BCUT2D eigenvalue weighted by atomic mass is 79.9. The first-order valence-corrected chi connectivity index (χ1v) is 7.17. The molecule has 1 fully saturated rings. The van der Waals surface area contributed by atoms with Gasteiger partial charge in [-0.25, -0.2) is 4.79 Å². The van der Waals surface area contributed by atoms with Crippen LogP contribution in [-0.2, 0) is 6.54 Å². The van der Waals surface area contributed by atoms with E-state index in [0.717, 1.165) is 27.9 Å². The zero-order valence-electron chi connectivity index (χ0n) is 9.33. The SMILES string of the molecule is O=C(NCc1ccc(Br)s1)NCC1(O)CCC1. The molecule has 0 unspecified atom stereocenters. The Morgan fingerprint density at radius 2 is 2.24 bits per heavy atom. The van der Waals surface area contributed by atoms with Crippen LogP contribution in [0.4, 0.5) is 4.79 Å². The normalized spacial score (nSPS) is 17.3. The molecule has 6 heteroatoms. The topological polar surface area (TPSA) is 61.4 Å². The Morgan fingerprint density at radius 1 is 1.47 bits per heavy atom. The van der Waals surface area contributed by atoms with Gasteiger partial charge in [-0.3, -0.25) is 0 Å². The van der Waals surface area contributed by atoms with Gasteiger partial charge in [0.1, 0.15) is 0 Å². The third-order valence-corrected chi connectivity index (χ3v) is 4.54. The Balaban J connectivity index is 1.67. The quantitative estimate of drug-likeness (QED) is 0.797. The highest BCUT2D eigenvalue weighted by Crippen LogP contribution is 2.30. The van der Waals surface area contributed by atoms with E-state index >= 15 is 0 Å². The molecule has 1 aliphatic carbocycles. The Kier molecular flexibility index (Phi) is 4.06. The van der Waals surface area contributed by atoms with Gasteiger partial charge in [0.05, 0.1) is 15.9 Å². The molecule has 2 amide bonds. The molecule has 0 spiro atoms. The van der Waals surface area contributed by atoms with Gasteiger partial charge in [-0.2, -0.15) is 0 Å².